The van der Waals surface area contributed by atoms with E-state index in [2.05, 4.69) is 13.2 Å². The van der Waals surface area contributed by atoms with Crippen LogP contribution in [-0.4, -0.2) is 35.4 Å². The number of hydrogen-bond donors (Lipinski definition) is 2. The molecule has 2 N–H and O–H groups in total. The van der Waals surface area contributed by atoms with Crippen LogP contribution >= 0.6 is 0 Å². The largest absolute Gasteiger partial charge is 0.502 e. The van der Waals surface area contributed by atoms with E-state index in [0.29, 0.717) is 38.0 Å². The summed E-state index contributed by atoms with van der Waals surface area (Å²) in [6.45, 7) is 8.01. The van der Waals surface area contributed by atoms with E-state index in [0.717, 1.165) is 24.8 Å². The third-order valence-electron chi connectivity index (χ3n) is 3.99. The van der Waals surface area contributed by atoms with Crippen molar-refractivity contribution in [1.29, 1.82) is 0 Å². The molecular formula is C20H26O6. The van der Waals surface area contributed by atoms with Gasteiger partial charge in [-0.25, -0.2) is 9.59 Å². The van der Waals surface area contributed by atoms with E-state index < -0.39 is 11.9 Å². The van der Waals surface area contributed by atoms with Gasteiger partial charge in [-0.1, -0.05) is 19.2 Å². The van der Waals surface area contributed by atoms with Crippen molar-refractivity contribution in [2.45, 2.75) is 38.5 Å². The summed E-state index contributed by atoms with van der Waals surface area (Å²) in [7, 11) is 0. The van der Waals surface area contributed by atoms with E-state index in [1.807, 2.05) is 0 Å². The highest BCUT2D eigenvalue weighted by atomic mass is 16.5. The summed E-state index contributed by atoms with van der Waals surface area (Å²) < 4.78 is 10.2. The Morgan fingerprint density at radius 3 is 1.96 bits per heavy atom. The average Bonchev–Trinajstić information content (AvgIpc) is 2.61. The lowest BCUT2D eigenvalue weighted by atomic mass is 9.90. The Labute approximate surface area is 153 Å². The molecule has 1 aromatic rings. The van der Waals surface area contributed by atoms with Gasteiger partial charge in [0.1, 0.15) is 0 Å². The Kier molecular flexibility index (Phi) is 9.61. The van der Waals surface area contributed by atoms with Gasteiger partial charge in [-0.15, -0.1) is 0 Å². The van der Waals surface area contributed by atoms with Crippen molar-refractivity contribution >= 4 is 11.9 Å². The molecule has 6 nitrogen and oxygen atoms in total. The lowest BCUT2D eigenvalue weighted by molar-refractivity contribution is 0.0650. The second-order valence-electron chi connectivity index (χ2n) is 5.73. The molecule has 0 bridgehead atoms. The summed E-state index contributed by atoms with van der Waals surface area (Å²) in [5.41, 5.74) is 1.19. The zero-order valence-electron chi connectivity index (χ0n) is 14.9. The molecule has 26 heavy (non-hydrogen) atoms. The number of aryl methyl sites for hydroxylation is 1. The normalized spacial score (nSPS) is 10.2. The van der Waals surface area contributed by atoms with Crippen LogP contribution in [-0.2, 0) is 22.3 Å². The highest BCUT2D eigenvalue weighted by molar-refractivity contribution is 6.03. The number of unbranched alkanes of at least 4 members (excludes halogenated alkanes) is 2. The van der Waals surface area contributed by atoms with Crippen LogP contribution in [0.25, 0.3) is 0 Å². The van der Waals surface area contributed by atoms with Gasteiger partial charge in [0.05, 0.1) is 36.9 Å². The average molecular weight is 362 g/mol. The van der Waals surface area contributed by atoms with E-state index >= 15 is 0 Å². The van der Waals surface area contributed by atoms with Gasteiger partial charge in [-0.05, 0) is 55.7 Å². The lowest BCUT2D eigenvalue weighted by Crippen LogP contribution is -2.14. The van der Waals surface area contributed by atoms with Gasteiger partial charge in [-0.2, -0.15) is 0 Å². The van der Waals surface area contributed by atoms with Crippen LogP contribution in [0.3, 0.4) is 0 Å². The fourth-order valence-electron chi connectivity index (χ4n) is 2.79. The van der Waals surface area contributed by atoms with Crippen LogP contribution in [0.1, 0.15) is 57.5 Å². The zero-order valence-corrected chi connectivity index (χ0v) is 14.9. The second kappa shape index (κ2) is 11.7. The van der Waals surface area contributed by atoms with Crippen LogP contribution in [0.4, 0.5) is 0 Å². The molecule has 0 aromatic heterocycles. The molecule has 0 atom stereocenters. The highest BCUT2D eigenvalue weighted by Gasteiger charge is 2.22. The predicted octanol–water partition coefficient (Wildman–Crippen LogP) is 4.05. The van der Waals surface area contributed by atoms with Gasteiger partial charge in [0.2, 0.25) is 0 Å². The first-order chi connectivity index (χ1) is 12.5. The summed E-state index contributed by atoms with van der Waals surface area (Å²) in [6, 6.07) is 3.10. The van der Waals surface area contributed by atoms with E-state index in [9.17, 15) is 19.8 Å². The Morgan fingerprint density at radius 1 is 0.885 bits per heavy atom. The van der Waals surface area contributed by atoms with Crippen LogP contribution in [0.15, 0.2) is 37.8 Å². The van der Waals surface area contributed by atoms with E-state index in [1.54, 1.807) is 6.07 Å². The maximum absolute atomic E-state index is 11.7. The molecule has 0 radical (unpaired) electrons. The minimum Gasteiger partial charge on any atom is -0.502 e. The summed E-state index contributed by atoms with van der Waals surface area (Å²) >= 11 is 0. The Bertz CT molecular complexity index is 635. The third kappa shape index (κ3) is 6.63. The predicted molar refractivity (Wildman–Crippen MR) is 98.5 cm³/mol. The summed E-state index contributed by atoms with van der Waals surface area (Å²) in [5, 5.41) is 18.9. The lowest BCUT2D eigenvalue weighted by Gasteiger charge is -2.15. The van der Waals surface area contributed by atoms with Crippen molar-refractivity contribution in [1.82, 2.24) is 0 Å². The number of carboxylic acids is 2. The number of carboxylic acid groups (broad SMARTS) is 2. The van der Waals surface area contributed by atoms with Crippen LogP contribution < -0.4 is 0 Å². The van der Waals surface area contributed by atoms with Gasteiger partial charge in [0, 0.05) is 0 Å². The maximum Gasteiger partial charge on any atom is 0.336 e. The van der Waals surface area contributed by atoms with Crippen molar-refractivity contribution in [3.05, 3.63) is 60.1 Å². The molecule has 0 saturated heterocycles. The van der Waals surface area contributed by atoms with Gasteiger partial charge >= 0.3 is 11.9 Å². The molecule has 0 heterocycles. The molecular weight excluding hydrogens is 336 g/mol. The van der Waals surface area contributed by atoms with Gasteiger partial charge in [0.15, 0.2) is 0 Å². The number of ether oxygens (including phenoxy) is 2. The van der Waals surface area contributed by atoms with Crippen LogP contribution in [0.2, 0.25) is 0 Å². The van der Waals surface area contributed by atoms with E-state index in [-0.39, 0.29) is 11.1 Å². The summed E-state index contributed by atoms with van der Waals surface area (Å²) in [6.07, 6.45) is 6.96. The topological polar surface area (TPSA) is 93.1 Å². The van der Waals surface area contributed by atoms with Crippen molar-refractivity contribution < 1.29 is 29.3 Å². The molecule has 1 rings (SSSR count). The molecule has 0 aliphatic carbocycles. The maximum atomic E-state index is 11.7. The Morgan fingerprint density at radius 2 is 1.46 bits per heavy atom. The second-order valence-corrected chi connectivity index (χ2v) is 5.73. The minimum absolute atomic E-state index is 0.109. The Hall–Kier alpha value is -2.76. The van der Waals surface area contributed by atoms with E-state index in [4.69, 9.17) is 9.47 Å². The van der Waals surface area contributed by atoms with Crippen LogP contribution in [0, 0.1) is 0 Å². The first-order valence-corrected chi connectivity index (χ1v) is 8.59. The number of rotatable bonds is 14. The van der Waals surface area contributed by atoms with Gasteiger partial charge < -0.3 is 19.7 Å². The molecule has 0 spiro atoms. The quantitative estimate of drug-likeness (QED) is 0.383. The fourth-order valence-corrected chi connectivity index (χ4v) is 2.79. The van der Waals surface area contributed by atoms with Gasteiger partial charge in [0.25, 0.3) is 0 Å². The molecule has 0 amide bonds. The third-order valence-corrected chi connectivity index (χ3v) is 3.99. The Balaban J connectivity index is 2.99. The number of aromatic carboxylic acids is 2. The SMILES string of the molecule is C=COCCCCc1ccc(C(=O)O)c(C(=O)O)c1CCCCOC=C. The minimum atomic E-state index is -1.23. The number of benzene rings is 1. The standard InChI is InChI=1S/C20H26O6/c1-3-25-13-7-5-9-15-11-12-17(19(21)22)18(20(23)24)16(15)10-6-8-14-26-4-2/h3-4,11-12H,1-2,5-10,13-14H2,(H,21,22)(H,23,24). The van der Waals surface area contributed by atoms with Gasteiger partial charge in [-0.3, -0.25) is 0 Å². The van der Waals surface area contributed by atoms with E-state index in [1.165, 1.54) is 18.6 Å². The first-order valence-electron chi connectivity index (χ1n) is 8.59. The fraction of sp³-hybridized carbons (Fsp3) is 0.400. The van der Waals surface area contributed by atoms with Crippen molar-refractivity contribution in [3.63, 3.8) is 0 Å². The molecule has 0 fully saturated rings. The molecule has 0 saturated carbocycles. The molecule has 1 aromatic carbocycles. The zero-order chi connectivity index (χ0) is 19.4. The number of hydrogen-bond acceptors (Lipinski definition) is 4. The molecule has 0 aliphatic rings. The molecule has 6 heteroatoms. The van der Waals surface area contributed by atoms with Crippen LogP contribution in [0.5, 0.6) is 0 Å². The summed E-state index contributed by atoms with van der Waals surface area (Å²) in [4.78, 5) is 23.1. The highest BCUT2D eigenvalue weighted by Crippen LogP contribution is 2.24. The smallest absolute Gasteiger partial charge is 0.336 e. The molecule has 142 valence electrons. The van der Waals surface area contributed by atoms with Crippen molar-refractivity contribution in [2.24, 2.45) is 0 Å². The van der Waals surface area contributed by atoms with Crippen molar-refractivity contribution in [3.8, 4) is 0 Å². The number of carbonyl (C=O) groups is 2. The monoisotopic (exact) mass is 362 g/mol. The molecule has 0 aliphatic heterocycles. The van der Waals surface area contributed by atoms with Crippen molar-refractivity contribution in [2.75, 3.05) is 13.2 Å². The summed E-state index contributed by atoms with van der Waals surface area (Å²) in [5.74, 6) is -2.44. The molecule has 0 unspecified atom stereocenters. The first kappa shape index (κ1) is 21.3.